The van der Waals surface area contributed by atoms with Crippen LogP contribution in [0, 0.1) is 0 Å². The molecule has 0 amide bonds. The van der Waals surface area contributed by atoms with Crippen molar-refractivity contribution in [3.8, 4) is 33.4 Å². The molecule has 0 saturated carbocycles. The molecule has 2 aliphatic rings. The van der Waals surface area contributed by atoms with E-state index in [1.165, 1.54) is 55.3 Å². The molecule has 0 saturated heterocycles. The first-order chi connectivity index (χ1) is 29.5. The van der Waals surface area contributed by atoms with Crippen LogP contribution in [0.2, 0.25) is 0 Å². The van der Waals surface area contributed by atoms with Gasteiger partial charge in [-0.2, -0.15) is 0 Å². The number of hydrogen-bond donors (Lipinski definition) is 1. The average molecular weight is 769 g/mol. The van der Waals surface area contributed by atoms with Crippen LogP contribution in [0.15, 0.2) is 204 Å². The number of hydrogen-bond acceptors (Lipinski definition) is 3. The number of benzene rings is 9. The number of aliphatic imine (C=N–C) groups is 1. The van der Waals surface area contributed by atoms with Crippen LogP contribution in [-0.2, 0) is 5.41 Å². The molecule has 60 heavy (non-hydrogen) atoms. The largest absolute Gasteiger partial charge is 0.455 e. The molecular weight excluding hydrogens is 729 g/mol. The van der Waals surface area contributed by atoms with E-state index >= 15 is 0 Å². The number of nitrogens with one attached hydrogen (secondary N) is 1. The Bertz CT molecular complexity index is 3440. The highest BCUT2D eigenvalue weighted by atomic mass is 16.3. The molecule has 0 bridgehead atoms. The lowest BCUT2D eigenvalue weighted by atomic mass is 9.82. The lowest BCUT2D eigenvalue weighted by Gasteiger charge is -2.26. The van der Waals surface area contributed by atoms with Gasteiger partial charge in [-0.15, -0.1) is 0 Å². The summed E-state index contributed by atoms with van der Waals surface area (Å²) in [5.41, 5.74) is 16.2. The van der Waals surface area contributed by atoms with Gasteiger partial charge in [-0.1, -0.05) is 178 Å². The lowest BCUT2D eigenvalue weighted by molar-refractivity contribution is 0.660. The highest BCUT2D eigenvalue weighted by Gasteiger charge is 2.35. The van der Waals surface area contributed by atoms with Crippen LogP contribution in [0.3, 0.4) is 0 Å². The minimum atomic E-state index is -0.101. The molecule has 1 aliphatic carbocycles. The van der Waals surface area contributed by atoms with Gasteiger partial charge in [0.05, 0.1) is 11.7 Å². The third kappa shape index (κ3) is 5.32. The molecule has 0 fully saturated rings. The maximum Gasteiger partial charge on any atom is 0.143 e. The molecule has 9 aromatic carbocycles. The summed E-state index contributed by atoms with van der Waals surface area (Å²) in [6.45, 7) is 4.68. The van der Waals surface area contributed by atoms with Crippen molar-refractivity contribution in [2.75, 3.05) is 0 Å². The second-order valence-electron chi connectivity index (χ2n) is 16.7. The maximum atomic E-state index is 6.49. The first-order valence-corrected chi connectivity index (χ1v) is 20.8. The molecular formula is C57H40N2O. The average Bonchev–Trinajstić information content (AvgIpc) is 3.80. The quantitative estimate of drug-likeness (QED) is 0.189. The molecule has 1 aromatic heterocycles. The fourth-order valence-electron chi connectivity index (χ4n) is 9.92. The normalized spacial score (nSPS) is 15.5. The van der Waals surface area contributed by atoms with Gasteiger partial charge >= 0.3 is 0 Å². The molecule has 10 aromatic rings. The van der Waals surface area contributed by atoms with E-state index in [1.807, 2.05) is 0 Å². The van der Waals surface area contributed by atoms with E-state index in [0.29, 0.717) is 0 Å². The molecule has 1 atom stereocenters. The van der Waals surface area contributed by atoms with E-state index < -0.39 is 0 Å². The van der Waals surface area contributed by atoms with Gasteiger partial charge < -0.3 is 9.73 Å². The summed E-state index contributed by atoms with van der Waals surface area (Å²) in [5.74, 6) is 0.866. The van der Waals surface area contributed by atoms with E-state index in [9.17, 15) is 0 Å². The number of fused-ring (bicyclic) bond motifs is 9. The van der Waals surface area contributed by atoms with Crippen LogP contribution in [0.25, 0.3) is 82.6 Å². The van der Waals surface area contributed by atoms with Gasteiger partial charge in [0, 0.05) is 32.7 Å². The highest BCUT2D eigenvalue weighted by Crippen LogP contribution is 2.49. The zero-order valence-electron chi connectivity index (χ0n) is 33.4. The van der Waals surface area contributed by atoms with Gasteiger partial charge in [-0.3, -0.25) is 0 Å². The Morgan fingerprint density at radius 1 is 0.467 bits per heavy atom. The van der Waals surface area contributed by atoms with Gasteiger partial charge in [0.25, 0.3) is 0 Å². The van der Waals surface area contributed by atoms with E-state index in [-0.39, 0.29) is 11.5 Å². The fraction of sp³-hybridized carbons (Fsp3) is 0.0702. The predicted molar refractivity (Wildman–Crippen MR) is 250 cm³/mol. The van der Waals surface area contributed by atoms with E-state index in [4.69, 9.17) is 9.41 Å². The molecule has 3 heteroatoms. The second kappa shape index (κ2) is 13.3. The Balaban J connectivity index is 0.980. The van der Waals surface area contributed by atoms with Crippen molar-refractivity contribution in [2.45, 2.75) is 25.3 Å². The maximum absolute atomic E-state index is 6.49. The fourth-order valence-corrected chi connectivity index (χ4v) is 9.92. The van der Waals surface area contributed by atoms with E-state index in [0.717, 1.165) is 60.9 Å². The van der Waals surface area contributed by atoms with Crippen molar-refractivity contribution in [3.63, 3.8) is 0 Å². The Hall–Kier alpha value is -7.49. The summed E-state index contributed by atoms with van der Waals surface area (Å²) in [7, 11) is 0. The summed E-state index contributed by atoms with van der Waals surface area (Å²) in [5, 5.41) is 10.8. The van der Waals surface area contributed by atoms with Crippen LogP contribution in [-0.4, -0.2) is 5.84 Å². The topological polar surface area (TPSA) is 37.5 Å². The lowest BCUT2D eigenvalue weighted by Crippen LogP contribution is -2.31. The van der Waals surface area contributed by atoms with Gasteiger partial charge in [0.2, 0.25) is 0 Å². The van der Waals surface area contributed by atoms with Crippen LogP contribution < -0.4 is 5.32 Å². The second-order valence-corrected chi connectivity index (χ2v) is 16.7. The first-order valence-electron chi connectivity index (χ1n) is 20.8. The summed E-state index contributed by atoms with van der Waals surface area (Å²) in [6.07, 6.45) is 2.28. The van der Waals surface area contributed by atoms with Gasteiger partial charge in [0.15, 0.2) is 0 Å². The van der Waals surface area contributed by atoms with Crippen molar-refractivity contribution in [2.24, 2.45) is 4.99 Å². The predicted octanol–water partition coefficient (Wildman–Crippen LogP) is 14.7. The minimum Gasteiger partial charge on any atom is -0.455 e. The molecule has 2 heterocycles. The SMILES string of the molecule is CC1(C)c2ccccc2-c2ccc(C3=CC(c4ccccc4)NC(c4ccc(-c5ccccc5-c5ccc6oc7c8ccccc8ccc7c6c5)c5ccccc45)=N3)cc21. The molecule has 1 aliphatic heterocycles. The van der Waals surface area contributed by atoms with Crippen LogP contribution in [0.1, 0.15) is 47.7 Å². The summed E-state index contributed by atoms with van der Waals surface area (Å²) in [4.78, 5) is 5.46. The summed E-state index contributed by atoms with van der Waals surface area (Å²) >= 11 is 0. The molecule has 0 spiro atoms. The Labute approximate surface area is 349 Å². The molecule has 12 rings (SSSR count). The number of nitrogens with zero attached hydrogens (tertiary/aromatic N) is 1. The molecule has 1 unspecified atom stereocenters. The highest BCUT2D eigenvalue weighted by molar-refractivity contribution is 6.17. The number of amidine groups is 1. The van der Waals surface area contributed by atoms with Crippen LogP contribution in [0.5, 0.6) is 0 Å². The standard InChI is InChI=1S/C57H40N2O/c1-57(2)50-23-13-12-22-45(50)46-27-25-38(33-51(46)57)53-34-52(36-15-4-3-5-16-36)58-56(59-53)48-30-29-44(42-20-10-11-21-43(42)48)41-19-9-8-17-39(41)37-26-31-54-49(32-37)47-28-24-35-14-6-7-18-40(35)55(47)60-54/h3-34,52H,1-2H3,(H,58,59). The monoisotopic (exact) mass is 768 g/mol. The zero-order chi connectivity index (χ0) is 40.0. The van der Waals surface area contributed by atoms with E-state index in [2.05, 4.69) is 213 Å². The third-order valence-electron chi connectivity index (χ3n) is 13.0. The third-order valence-corrected chi connectivity index (χ3v) is 13.0. The smallest absolute Gasteiger partial charge is 0.143 e. The molecule has 3 nitrogen and oxygen atoms in total. The van der Waals surface area contributed by atoms with Crippen molar-refractivity contribution < 1.29 is 4.42 Å². The van der Waals surface area contributed by atoms with Crippen molar-refractivity contribution in [1.82, 2.24) is 5.32 Å². The Morgan fingerprint density at radius 3 is 1.97 bits per heavy atom. The minimum absolute atomic E-state index is 0.0572. The molecule has 284 valence electrons. The van der Waals surface area contributed by atoms with Crippen molar-refractivity contribution in [1.29, 1.82) is 0 Å². The summed E-state index contributed by atoms with van der Waals surface area (Å²) in [6, 6.07) is 67.9. The van der Waals surface area contributed by atoms with Crippen LogP contribution >= 0.6 is 0 Å². The zero-order valence-corrected chi connectivity index (χ0v) is 33.4. The van der Waals surface area contributed by atoms with Crippen molar-refractivity contribution >= 4 is 55.0 Å². The number of rotatable bonds is 5. The summed E-state index contributed by atoms with van der Waals surface area (Å²) < 4.78 is 6.49. The van der Waals surface area contributed by atoms with Crippen molar-refractivity contribution in [3.05, 3.63) is 222 Å². The van der Waals surface area contributed by atoms with E-state index in [1.54, 1.807) is 0 Å². The van der Waals surface area contributed by atoms with Crippen LogP contribution in [0.4, 0.5) is 0 Å². The molecule has 1 N–H and O–H groups in total. The van der Waals surface area contributed by atoms with Gasteiger partial charge in [-0.05, 0) is 96.6 Å². The Kier molecular flexibility index (Phi) is 7.64. The first kappa shape index (κ1) is 34.5. The van der Waals surface area contributed by atoms with Gasteiger partial charge in [-0.25, -0.2) is 4.99 Å². The van der Waals surface area contributed by atoms with Gasteiger partial charge in [0.1, 0.15) is 17.0 Å². The number of furan rings is 1. The molecule has 0 radical (unpaired) electrons. The Morgan fingerprint density at radius 2 is 1.12 bits per heavy atom.